The van der Waals surface area contributed by atoms with Crippen LogP contribution in [0.1, 0.15) is 29.8 Å². The predicted octanol–water partition coefficient (Wildman–Crippen LogP) is 5.31. The molecule has 4 rings (SSSR count). The molecule has 0 aromatic heterocycles. The van der Waals surface area contributed by atoms with E-state index in [4.69, 9.17) is 0 Å². The molecule has 0 radical (unpaired) electrons. The van der Waals surface area contributed by atoms with Crippen LogP contribution in [-0.4, -0.2) is 37.6 Å². The van der Waals surface area contributed by atoms with Crippen LogP contribution in [0.5, 0.6) is 11.5 Å². The number of anilines is 2. The molecule has 0 unspecified atom stereocenters. The summed E-state index contributed by atoms with van der Waals surface area (Å²) < 4.78 is 67.9. The van der Waals surface area contributed by atoms with Crippen molar-refractivity contribution < 1.29 is 36.2 Å². The number of nitrogens with zero attached hydrogens (tertiary/aromatic N) is 1. The Morgan fingerprint density at radius 3 is 2.31 bits per heavy atom. The van der Waals surface area contributed by atoms with Gasteiger partial charge in [0, 0.05) is 17.8 Å². The second kappa shape index (κ2) is 9.38. The lowest BCUT2D eigenvalue weighted by Gasteiger charge is -2.29. The van der Waals surface area contributed by atoms with Gasteiger partial charge in [-0.1, -0.05) is 24.3 Å². The van der Waals surface area contributed by atoms with Gasteiger partial charge in [0.15, 0.2) is 0 Å². The van der Waals surface area contributed by atoms with Crippen LogP contribution < -0.4 is 14.4 Å². The van der Waals surface area contributed by atoms with Crippen LogP contribution in [0.4, 0.5) is 24.5 Å². The number of carbonyl (C=O) groups excluding carboxylic acids is 1. The van der Waals surface area contributed by atoms with Gasteiger partial charge in [-0.3, -0.25) is 9.52 Å². The molecule has 0 spiro atoms. The van der Waals surface area contributed by atoms with Crippen molar-refractivity contribution in [2.45, 2.75) is 31.9 Å². The number of benzene rings is 3. The maximum absolute atomic E-state index is 13.2. The molecule has 3 aromatic rings. The van der Waals surface area contributed by atoms with Crippen molar-refractivity contribution in [1.82, 2.24) is 0 Å². The first kappa shape index (κ1) is 25.4. The van der Waals surface area contributed by atoms with Crippen molar-refractivity contribution in [2.24, 2.45) is 0 Å². The van der Waals surface area contributed by atoms with Gasteiger partial charge in [0.05, 0.1) is 10.9 Å². The van der Waals surface area contributed by atoms with Gasteiger partial charge in [0.25, 0.3) is 5.91 Å². The van der Waals surface area contributed by atoms with Crippen LogP contribution in [0, 0.1) is 0 Å². The van der Waals surface area contributed by atoms with Gasteiger partial charge in [-0.15, -0.1) is 13.2 Å². The Kier molecular flexibility index (Phi) is 6.61. The van der Waals surface area contributed by atoms with Crippen molar-refractivity contribution >= 4 is 27.3 Å². The van der Waals surface area contributed by atoms with Gasteiger partial charge in [-0.2, -0.15) is 0 Å². The van der Waals surface area contributed by atoms with Crippen LogP contribution in [0.3, 0.4) is 0 Å². The number of carbonyl (C=O) groups is 1. The van der Waals surface area contributed by atoms with Gasteiger partial charge >= 0.3 is 6.36 Å². The summed E-state index contributed by atoms with van der Waals surface area (Å²) in [6.07, 6.45) is -4.27. The highest BCUT2D eigenvalue weighted by Crippen LogP contribution is 2.34. The number of phenols is 1. The van der Waals surface area contributed by atoms with Crippen LogP contribution in [0.25, 0.3) is 11.1 Å². The SMILES string of the molecule is CC(C)S(=O)(=O)Nc1cc(N2CCc3cc(-c4ccc(OC(F)(F)F)cc4)ccc3C2=O)ccc1O. The van der Waals surface area contributed by atoms with Gasteiger partial charge in [0.1, 0.15) is 11.5 Å². The van der Waals surface area contributed by atoms with E-state index in [9.17, 15) is 31.5 Å². The average molecular weight is 521 g/mol. The summed E-state index contributed by atoms with van der Waals surface area (Å²) in [6.45, 7) is 3.33. The first-order valence-electron chi connectivity index (χ1n) is 11.0. The maximum atomic E-state index is 13.2. The van der Waals surface area contributed by atoms with Crippen LogP contribution in [-0.2, 0) is 16.4 Å². The molecule has 36 heavy (non-hydrogen) atoms. The van der Waals surface area contributed by atoms with Gasteiger partial charge in [-0.25, -0.2) is 8.42 Å². The summed E-state index contributed by atoms with van der Waals surface area (Å²) in [4.78, 5) is 14.7. The largest absolute Gasteiger partial charge is 0.573 e. The molecule has 0 aliphatic carbocycles. The Labute approximate surface area is 206 Å². The molecular weight excluding hydrogens is 497 g/mol. The standard InChI is InChI=1S/C25H23F3N2O5S/c1-15(2)36(33,34)29-22-14-19(6-10-23(22)31)30-12-11-18-13-17(5-9-21(18)24(30)32)16-3-7-20(8-4-16)35-25(26,27)28/h3-10,13-15,29,31H,11-12H2,1-2H3. The summed E-state index contributed by atoms with van der Waals surface area (Å²) in [6, 6.07) is 14.9. The molecule has 0 fully saturated rings. The van der Waals surface area contributed by atoms with Gasteiger partial charge in [-0.05, 0) is 73.4 Å². The Bertz CT molecular complexity index is 1400. The number of ether oxygens (including phenoxy) is 1. The second-order valence-corrected chi connectivity index (χ2v) is 10.8. The van der Waals surface area contributed by atoms with E-state index in [-0.39, 0.29) is 23.1 Å². The fourth-order valence-corrected chi connectivity index (χ4v) is 4.51. The molecular formula is C25H23F3N2O5S. The lowest BCUT2D eigenvalue weighted by molar-refractivity contribution is -0.274. The monoisotopic (exact) mass is 520 g/mol. The summed E-state index contributed by atoms with van der Waals surface area (Å²) in [5, 5.41) is 9.40. The van der Waals surface area contributed by atoms with Gasteiger partial charge < -0.3 is 14.7 Å². The number of phenolic OH excluding ortho intramolecular Hbond substituents is 1. The number of aromatic hydroxyl groups is 1. The molecule has 190 valence electrons. The zero-order chi connectivity index (χ0) is 26.3. The minimum atomic E-state index is -4.77. The zero-order valence-corrected chi connectivity index (χ0v) is 20.2. The van der Waals surface area contributed by atoms with Crippen LogP contribution >= 0.6 is 0 Å². The van der Waals surface area contributed by atoms with E-state index in [1.807, 2.05) is 6.07 Å². The van der Waals surface area contributed by atoms with E-state index < -0.39 is 21.6 Å². The average Bonchev–Trinajstić information content (AvgIpc) is 2.80. The highest BCUT2D eigenvalue weighted by Gasteiger charge is 2.31. The van der Waals surface area contributed by atoms with E-state index in [1.54, 1.807) is 12.1 Å². The molecule has 1 aliphatic rings. The van der Waals surface area contributed by atoms with E-state index in [0.717, 1.165) is 11.1 Å². The third-order valence-electron chi connectivity index (χ3n) is 5.77. The molecule has 11 heteroatoms. The number of sulfonamides is 1. The van der Waals surface area contributed by atoms with Crippen LogP contribution in [0.2, 0.25) is 0 Å². The van der Waals surface area contributed by atoms with E-state index >= 15 is 0 Å². The van der Waals surface area contributed by atoms with Gasteiger partial charge in [0.2, 0.25) is 10.0 Å². The molecule has 7 nitrogen and oxygen atoms in total. The molecule has 1 amide bonds. The van der Waals surface area contributed by atoms with Crippen molar-refractivity contribution in [3.05, 3.63) is 71.8 Å². The predicted molar refractivity (Wildman–Crippen MR) is 130 cm³/mol. The number of rotatable bonds is 6. The van der Waals surface area contributed by atoms with E-state index in [2.05, 4.69) is 9.46 Å². The molecule has 2 N–H and O–H groups in total. The third-order valence-corrected chi connectivity index (χ3v) is 7.52. The minimum absolute atomic E-state index is 0.0203. The summed E-state index contributed by atoms with van der Waals surface area (Å²) >= 11 is 0. The Hall–Kier alpha value is -3.73. The number of alkyl halides is 3. The summed E-state index contributed by atoms with van der Waals surface area (Å²) in [5.74, 6) is -0.872. The van der Waals surface area contributed by atoms with Crippen molar-refractivity contribution in [3.63, 3.8) is 0 Å². The fraction of sp³-hybridized carbons (Fsp3) is 0.240. The number of hydrogen-bond acceptors (Lipinski definition) is 5. The topological polar surface area (TPSA) is 95.9 Å². The number of fused-ring (bicyclic) bond motifs is 1. The highest BCUT2D eigenvalue weighted by atomic mass is 32.2. The number of amides is 1. The molecule has 1 heterocycles. The number of halogens is 3. The Morgan fingerprint density at radius 2 is 1.67 bits per heavy atom. The fourth-order valence-electron chi connectivity index (χ4n) is 3.81. The zero-order valence-electron chi connectivity index (χ0n) is 19.3. The van der Waals surface area contributed by atoms with E-state index in [0.29, 0.717) is 29.8 Å². The Balaban J connectivity index is 1.57. The van der Waals surface area contributed by atoms with Crippen LogP contribution in [0.15, 0.2) is 60.7 Å². The third kappa shape index (κ3) is 5.40. The molecule has 3 aromatic carbocycles. The smallest absolute Gasteiger partial charge is 0.506 e. The Morgan fingerprint density at radius 1 is 1.00 bits per heavy atom. The second-order valence-electron chi connectivity index (χ2n) is 8.55. The summed E-state index contributed by atoms with van der Waals surface area (Å²) in [5.41, 5.74) is 3.05. The highest BCUT2D eigenvalue weighted by molar-refractivity contribution is 7.93. The quantitative estimate of drug-likeness (QED) is 0.430. The first-order chi connectivity index (χ1) is 16.8. The molecule has 0 atom stereocenters. The van der Waals surface area contributed by atoms with Crippen molar-refractivity contribution in [2.75, 3.05) is 16.2 Å². The molecule has 0 saturated carbocycles. The first-order valence-corrected chi connectivity index (χ1v) is 12.5. The lowest BCUT2D eigenvalue weighted by Crippen LogP contribution is -2.37. The summed E-state index contributed by atoms with van der Waals surface area (Å²) in [7, 11) is -3.70. The number of nitrogens with one attached hydrogen (secondary N) is 1. The molecule has 1 aliphatic heterocycles. The number of hydrogen-bond donors (Lipinski definition) is 2. The molecule has 0 bridgehead atoms. The normalized spacial score (nSPS) is 14.1. The lowest BCUT2D eigenvalue weighted by atomic mass is 9.93. The van der Waals surface area contributed by atoms with Crippen molar-refractivity contribution in [1.29, 1.82) is 0 Å². The maximum Gasteiger partial charge on any atom is 0.573 e. The molecule has 0 saturated heterocycles. The minimum Gasteiger partial charge on any atom is -0.506 e. The van der Waals surface area contributed by atoms with Crippen molar-refractivity contribution in [3.8, 4) is 22.6 Å². The van der Waals surface area contributed by atoms with E-state index in [1.165, 1.54) is 61.2 Å².